The van der Waals surface area contributed by atoms with Gasteiger partial charge in [0.15, 0.2) is 0 Å². The molecule has 1 unspecified atom stereocenters. The SMILES string of the molecule is CSc1cc(N(CC(C)C)CC2CCCN2)ncn1. The number of anilines is 1. The first kappa shape index (κ1) is 14.6. The molecule has 1 aliphatic heterocycles. The summed E-state index contributed by atoms with van der Waals surface area (Å²) in [6.45, 7) is 7.75. The Morgan fingerprint density at radius 1 is 1.47 bits per heavy atom. The van der Waals surface area contributed by atoms with Gasteiger partial charge in [0, 0.05) is 25.2 Å². The minimum Gasteiger partial charge on any atom is -0.355 e. The van der Waals surface area contributed by atoms with Gasteiger partial charge >= 0.3 is 0 Å². The molecule has 5 heteroatoms. The van der Waals surface area contributed by atoms with Crippen LogP contribution in [-0.4, -0.2) is 41.9 Å². The summed E-state index contributed by atoms with van der Waals surface area (Å²) < 4.78 is 0. The van der Waals surface area contributed by atoms with Crippen LogP contribution in [0.4, 0.5) is 5.82 Å². The number of hydrogen-bond donors (Lipinski definition) is 1. The second kappa shape index (κ2) is 7.10. The number of thioether (sulfide) groups is 1. The number of nitrogens with zero attached hydrogens (tertiary/aromatic N) is 3. The zero-order valence-electron chi connectivity index (χ0n) is 12.1. The molecule has 4 nitrogen and oxygen atoms in total. The standard InChI is InChI=1S/C14H24N4S/c1-11(2)8-18(9-12-5-4-6-15-12)13-7-14(19-3)17-10-16-13/h7,10-12,15H,4-6,8-9H2,1-3H3. The molecule has 0 amide bonds. The van der Waals surface area contributed by atoms with Crippen LogP contribution >= 0.6 is 11.8 Å². The van der Waals surface area contributed by atoms with E-state index >= 15 is 0 Å². The number of nitrogens with one attached hydrogen (secondary N) is 1. The molecule has 19 heavy (non-hydrogen) atoms. The molecule has 1 aromatic heterocycles. The fourth-order valence-corrected chi connectivity index (χ4v) is 2.87. The van der Waals surface area contributed by atoms with Gasteiger partial charge < -0.3 is 10.2 Å². The van der Waals surface area contributed by atoms with Crippen molar-refractivity contribution in [3.05, 3.63) is 12.4 Å². The molecule has 2 heterocycles. The van der Waals surface area contributed by atoms with Gasteiger partial charge in [-0.05, 0) is 31.6 Å². The minimum atomic E-state index is 0.603. The largest absolute Gasteiger partial charge is 0.355 e. The van der Waals surface area contributed by atoms with E-state index < -0.39 is 0 Å². The van der Waals surface area contributed by atoms with E-state index in [1.807, 2.05) is 0 Å². The monoisotopic (exact) mass is 280 g/mol. The van der Waals surface area contributed by atoms with Crippen LogP contribution in [0.2, 0.25) is 0 Å². The van der Waals surface area contributed by atoms with E-state index in [1.165, 1.54) is 12.8 Å². The van der Waals surface area contributed by atoms with Crippen molar-refractivity contribution in [1.29, 1.82) is 0 Å². The summed E-state index contributed by atoms with van der Waals surface area (Å²) in [6, 6.07) is 2.70. The van der Waals surface area contributed by atoms with Gasteiger partial charge in [-0.25, -0.2) is 9.97 Å². The van der Waals surface area contributed by atoms with Gasteiger partial charge in [-0.3, -0.25) is 0 Å². The lowest BCUT2D eigenvalue weighted by Gasteiger charge is -2.28. The maximum atomic E-state index is 4.46. The van der Waals surface area contributed by atoms with Crippen molar-refractivity contribution in [3.8, 4) is 0 Å². The molecule has 1 N–H and O–H groups in total. The molecule has 0 aliphatic carbocycles. The maximum Gasteiger partial charge on any atom is 0.133 e. The van der Waals surface area contributed by atoms with Crippen LogP contribution in [0.1, 0.15) is 26.7 Å². The lowest BCUT2D eigenvalue weighted by Crippen LogP contribution is -2.39. The highest BCUT2D eigenvalue weighted by Crippen LogP contribution is 2.20. The Balaban J connectivity index is 2.10. The van der Waals surface area contributed by atoms with Crippen molar-refractivity contribution in [3.63, 3.8) is 0 Å². The van der Waals surface area contributed by atoms with E-state index in [2.05, 4.69) is 46.4 Å². The second-order valence-electron chi connectivity index (χ2n) is 5.51. The highest BCUT2D eigenvalue weighted by Gasteiger charge is 2.19. The minimum absolute atomic E-state index is 0.603. The van der Waals surface area contributed by atoms with Crippen LogP contribution < -0.4 is 10.2 Å². The number of hydrogen-bond acceptors (Lipinski definition) is 5. The summed E-state index contributed by atoms with van der Waals surface area (Å²) in [4.78, 5) is 11.1. The van der Waals surface area contributed by atoms with Crippen LogP contribution in [-0.2, 0) is 0 Å². The molecular weight excluding hydrogens is 256 g/mol. The van der Waals surface area contributed by atoms with E-state index in [4.69, 9.17) is 0 Å². The highest BCUT2D eigenvalue weighted by molar-refractivity contribution is 7.98. The molecule has 1 aliphatic rings. The van der Waals surface area contributed by atoms with Crippen molar-refractivity contribution >= 4 is 17.6 Å². The average Bonchev–Trinajstić information content (AvgIpc) is 2.90. The van der Waals surface area contributed by atoms with Gasteiger partial charge in [-0.15, -0.1) is 11.8 Å². The normalized spacial score (nSPS) is 19.1. The van der Waals surface area contributed by atoms with E-state index in [-0.39, 0.29) is 0 Å². The van der Waals surface area contributed by atoms with Crippen LogP contribution in [0.25, 0.3) is 0 Å². The van der Waals surface area contributed by atoms with Crippen LogP contribution in [0.5, 0.6) is 0 Å². The van der Waals surface area contributed by atoms with Crippen molar-refractivity contribution in [2.45, 2.75) is 37.8 Å². The summed E-state index contributed by atoms with van der Waals surface area (Å²) in [5.41, 5.74) is 0. The van der Waals surface area contributed by atoms with Crippen molar-refractivity contribution in [2.24, 2.45) is 5.92 Å². The van der Waals surface area contributed by atoms with Crippen LogP contribution in [0.15, 0.2) is 17.4 Å². The average molecular weight is 280 g/mol. The molecule has 1 atom stereocenters. The molecule has 0 saturated carbocycles. The summed E-state index contributed by atoms with van der Waals surface area (Å²) in [6.07, 6.45) is 6.29. The summed E-state index contributed by atoms with van der Waals surface area (Å²) in [7, 11) is 0. The van der Waals surface area contributed by atoms with Gasteiger partial charge in [-0.1, -0.05) is 13.8 Å². The van der Waals surface area contributed by atoms with E-state index in [1.54, 1.807) is 18.1 Å². The van der Waals surface area contributed by atoms with Gasteiger partial charge in [0.2, 0.25) is 0 Å². The van der Waals surface area contributed by atoms with Crippen molar-refractivity contribution in [2.75, 3.05) is 30.8 Å². The smallest absolute Gasteiger partial charge is 0.133 e. The predicted octanol–water partition coefficient (Wildman–Crippen LogP) is 2.41. The molecule has 0 radical (unpaired) electrons. The fourth-order valence-electron chi connectivity index (χ4n) is 2.50. The maximum absolute atomic E-state index is 4.46. The lowest BCUT2D eigenvalue weighted by molar-refractivity contribution is 0.537. The van der Waals surface area contributed by atoms with Crippen LogP contribution in [0.3, 0.4) is 0 Å². The van der Waals surface area contributed by atoms with E-state index in [0.29, 0.717) is 12.0 Å². The molecule has 0 aromatic carbocycles. The molecule has 0 spiro atoms. The first-order chi connectivity index (χ1) is 9.19. The topological polar surface area (TPSA) is 41.0 Å². The predicted molar refractivity (Wildman–Crippen MR) is 81.9 cm³/mol. The third kappa shape index (κ3) is 4.35. The quantitative estimate of drug-likeness (QED) is 0.640. The molecule has 2 rings (SSSR count). The third-order valence-corrected chi connectivity index (χ3v) is 3.99. The molecule has 0 bridgehead atoms. The zero-order valence-corrected chi connectivity index (χ0v) is 12.9. The third-order valence-electron chi connectivity index (χ3n) is 3.35. The summed E-state index contributed by atoms with van der Waals surface area (Å²) in [5.74, 6) is 1.69. The molecule has 1 fully saturated rings. The summed E-state index contributed by atoms with van der Waals surface area (Å²) in [5, 5.41) is 4.61. The van der Waals surface area contributed by atoms with E-state index in [0.717, 1.165) is 30.5 Å². The molecule has 1 saturated heterocycles. The molecule has 106 valence electrons. The Morgan fingerprint density at radius 3 is 2.95 bits per heavy atom. The second-order valence-corrected chi connectivity index (χ2v) is 6.34. The van der Waals surface area contributed by atoms with Gasteiger partial charge in [0.05, 0.1) is 0 Å². The number of aromatic nitrogens is 2. The van der Waals surface area contributed by atoms with Crippen LogP contribution in [0, 0.1) is 5.92 Å². The Labute approximate surface area is 120 Å². The number of rotatable bonds is 6. The lowest BCUT2D eigenvalue weighted by atomic mass is 10.1. The Morgan fingerprint density at radius 2 is 2.32 bits per heavy atom. The van der Waals surface area contributed by atoms with Crippen molar-refractivity contribution < 1.29 is 0 Å². The first-order valence-corrected chi connectivity index (χ1v) is 8.26. The Kier molecular flexibility index (Phi) is 5.45. The Bertz CT molecular complexity index is 391. The highest BCUT2D eigenvalue weighted by atomic mass is 32.2. The zero-order chi connectivity index (χ0) is 13.7. The van der Waals surface area contributed by atoms with E-state index in [9.17, 15) is 0 Å². The summed E-state index contributed by atoms with van der Waals surface area (Å²) >= 11 is 1.67. The molecule has 1 aromatic rings. The first-order valence-electron chi connectivity index (χ1n) is 7.03. The fraction of sp³-hybridized carbons (Fsp3) is 0.714. The van der Waals surface area contributed by atoms with Gasteiger partial charge in [-0.2, -0.15) is 0 Å². The van der Waals surface area contributed by atoms with Crippen molar-refractivity contribution in [1.82, 2.24) is 15.3 Å². The van der Waals surface area contributed by atoms with Gasteiger partial charge in [0.1, 0.15) is 17.2 Å². The Hall–Kier alpha value is -0.810. The molecular formula is C14H24N4S. The van der Waals surface area contributed by atoms with Gasteiger partial charge in [0.25, 0.3) is 0 Å².